The van der Waals surface area contributed by atoms with Crippen molar-refractivity contribution in [3.05, 3.63) is 11.6 Å². The molecule has 3 heteroatoms. The molecule has 1 amide bonds. The lowest BCUT2D eigenvalue weighted by Gasteiger charge is -2.27. The predicted molar refractivity (Wildman–Crippen MR) is 90.6 cm³/mol. The van der Waals surface area contributed by atoms with Crippen molar-refractivity contribution in [1.82, 2.24) is 4.90 Å². The second kappa shape index (κ2) is 8.28. The van der Waals surface area contributed by atoms with Crippen LogP contribution in [0, 0.1) is 17.8 Å². The molecule has 0 bridgehead atoms. The van der Waals surface area contributed by atoms with E-state index in [0.717, 1.165) is 30.2 Å². The number of hydrogen-bond acceptors (Lipinski definition) is 1. The van der Waals surface area contributed by atoms with Crippen molar-refractivity contribution < 1.29 is 4.79 Å². The van der Waals surface area contributed by atoms with E-state index in [1.54, 1.807) is 0 Å². The molecule has 0 heterocycles. The molecule has 1 saturated carbocycles. The molecule has 0 radical (unpaired) electrons. The van der Waals surface area contributed by atoms with Crippen LogP contribution in [0.5, 0.6) is 0 Å². The zero-order valence-corrected chi connectivity index (χ0v) is 14.9. The Bertz CT molecular complexity index is 319. The minimum atomic E-state index is 0.348. The lowest BCUT2D eigenvalue weighted by atomic mass is 9.90. The quantitative estimate of drug-likeness (QED) is 0.351. The Morgan fingerprint density at radius 1 is 1.42 bits per heavy atom. The maximum absolute atomic E-state index is 12.0. The van der Waals surface area contributed by atoms with Gasteiger partial charge in [-0.25, -0.2) is 0 Å². The molecule has 2 nitrogen and oxygen atoms in total. The van der Waals surface area contributed by atoms with Crippen LogP contribution in [0.3, 0.4) is 0 Å². The summed E-state index contributed by atoms with van der Waals surface area (Å²) in [5, 5.41) is 0. The van der Waals surface area contributed by atoms with Crippen LogP contribution < -0.4 is 0 Å². The summed E-state index contributed by atoms with van der Waals surface area (Å²) in [5.74, 6) is 2.02. The Morgan fingerprint density at radius 2 is 2.05 bits per heavy atom. The molecule has 1 rings (SSSR count). The summed E-state index contributed by atoms with van der Waals surface area (Å²) in [5.41, 5.74) is 1.40. The smallest absolute Gasteiger partial charge is 0.225 e. The molecule has 0 aromatic rings. The topological polar surface area (TPSA) is 20.3 Å². The fourth-order valence-corrected chi connectivity index (χ4v) is 3.48. The lowest BCUT2D eigenvalue weighted by molar-refractivity contribution is -0.131. The van der Waals surface area contributed by atoms with Crippen LogP contribution in [0.15, 0.2) is 11.6 Å². The summed E-state index contributed by atoms with van der Waals surface area (Å²) in [6, 6.07) is 0. The van der Waals surface area contributed by atoms with Crippen LogP contribution in [0.2, 0.25) is 0 Å². The number of allylic oxidation sites excluding steroid dienone is 2. The molecule has 2 atom stereocenters. The van der Waals surface area contributed by atoms with E-state index in [0.29, 0.717) is 23.7 Å². The van der Waals surface area contributed by atoms with Gasteiger partial charge in [0.25, 0.3) is 0 Å². The monoisotopic (exact) mass is 377 g/mol. The summed E-state index contributed by atoms with van der Waals surface area (Å²) in [7, 11) is 1.97. The molecule has 19 heavy (non-hydrogen) atoms. The Morgan fingerprint density at radius 3 is 2.53 bits per heavy atom. The van der Waals surface area contributed by atoms with E-state index < -0.39 is 0 Å². The van der Waals surface area contributed by atoms with Gasteiger partial charge in [-0.3, -0.25) is 4.79 Å². The molecule has 0 aromatic carbocycles. The number of rotatable bonds is 8. The third-order valence-electron chi connectivity index (χ3n) is 3.99. The van der Waals surface area contributed by atoms with E-state index in [1.165, 1.54) is 12.0 Å². The van der Waals surface area contributed by atoms with Crippen LogP contribution in [0.1, 0.15) is 46.5 Å². The van der Waals surface area contributed by atoms with Gasteiger partial charge in [-0.1, -0.05) is 41.2 Å². The molecular weight excluding hydrogens is 349 g/mol. The third-order valence-corrected chi connectivity index (χ3v) is 5.12. The first kappa shape index (κ1) is 17.0. The van der Waals surface area contributed by atoms with Gasteiger partial charge in [0.1, 0.15) is 0 Å². The van der Waals surface area contributed by atoms with Crippen LogP contribution in [-0.4, -0.2) is 28.8 Å². The van der Waals surface area contributed by atoms with Crippen molar-refractivity contribution in [2.75, 3.05) is 18.0 Å². The van der Waals surface area contributed by atoms with Gasteiger partial charge in [-0.15, -0.1) is 0 Å². The Labute approximate surface area is 132 Å². The lowest BCUT2D eigenvalue weighted by Crippen LogP contribution is -2.35. The van der Waals surface area contributed by atoms with Crippen molar-refractivity contribution in [3.63, 3.8) is 0 Å². The summed E-state index contributed by atoms with van der Waals surface area (Å²) in [6.07, 6.45) is 6.92. The zero-order chi connectivity index (χ0) is 14.4. The Kier molecular flexibility index (Phi) is 7.40. The molecule has 1 aliphatic carbocycles. The highest BCUT2D eigenvalue weighted by molar-refractivity contribution is 14.1. The van der Waals surface area contributed by atoms with Crippen molar-refractivity contribution in [2.24, 2.45) is 17.8 Å². The highest BCUT2D eigenvalue weighted by Crippen LogP contribution is 2.31. The van der Waals surface area contributed by atoms with Crippen molar-refractivity contribution in [3.8, 4) is 0 Å². The Balaban J connectivity index is 2.38. The summed E-state index contributed by atoms with van der Waals surface area (Å²) >= 11 is 2.47. The van der Waals surface area contributed by atoms with Crippen LogP contribution in [0.25, 0.3) is 0 Å². The fourth-order valence-electron chi connectivity index (χ4n) is 2.34. The molecule has 0 aromatic heterocycles. The maximum atomic E-state index is 12.0. The van der Waals surface area contributed by atoms with Crippen LogP contribution in [0.4, 0.5) is 0 Å². The van der Waals surface area contributed by atoms with Gasteiger partial charge in [0.05, 0.1) is 0 Å². The van der Waals surface area contributed by atoms with Gasteiger partial charge >= 0.3 is 0 Å². The minimum absolute atomic E-state index is 0.348. The number of amides is 1. The van der Waals surface area contributed by atoms with E-state index in [4.69, 9.17) is 0 Å². The van der Waals surface area contributed by atoms with Crippen LogP contribution >= 0.6 is 22.6 Å². The Hall–Kier alpha value is -0.0600. The van der Waals surface area contributed by atoms with Crippen molar-refractivity contribution >= 4 is 28.5 Å². The standard InChI is InChI=1S/C16H28INO/c1-12(2)6-5-7-13(3)15(10-17)11-18(4)16(19)14-8-9-14/h6,13-15H,5,7-11H2,1-4H3. The first-order chi connectivity index (χ1) is 8.95. The number of alkyl halides is 1. The average Bonchev–Trinajstić information content (AvgIpc) is 3.18. The molecule has 0 saturated heterocycles. The van der Waals surface area contributed by atoms with Gasteiger partial charge in [0.2, 0.25) is 5.91 Å². The summed E-state index contributed by atoms with van der Waals surface area (Å²) in [6.45, 7) is 7.57. The molecule has 1 aliphatic rings. The third kappa shape index (κ3) is 6.28. The SMILES string of the molecule is CC(C)=CCCC(C)C(CI)CN(C)C(=O)C1CC1. The van der Waals surface area contributed by atoms with Gasteiger partial charge in [0, 0.05) is 23.9 Å². The van der Waals surface area contributed by atoms with Gasteiger partial charge in [0.15, 0.2) is 0 Å². The number of carbonyl (C=O) groups excluding carboxylic acids is 1. The highest BCUT2D eigenvalue weighted by atomic mass is 127. The summed E-state index contributed by atoms with van der Waals surface area (Å²) < 4.78 is 1.13. The number of nitrogens with zero attached hydrogens (tertiary/aromatic N) is 1. The highest BCUT2D eigenvalue weighted by Gasteiger charge is 2.33. The number of halogens is 1. The van der Waals surface area contributed by atoms with Gasteiger partial charge < -0.3 is 4.90 Å². The predicted octanol–water partition coefficient (Wildman–Crippen LogP) is 4.29. The van der Waals surface area contributed by atoms with E-state index in [-0.39, 0.29) is 0 Å². The summed E-state index contributed by atoms with van der Waals surface area (Å²) in [4.78, 5) is 14.0. The molecule has 0 N–H and O–H groups in total. The zero-order valence-electron chi connectivity index (χ0n) is 12.8. The first-order valence-corrected chi connectivity index (χ1v) is 8.92. The minimum Gasteiger partial charge on any atom is -0.345 e. The van der Waals surface area contributed by atoms with Gasteiger partial charge in [-0.05, 0) is 51.4 Å². The molecular formula is C16H28INO. The van der Waals surface area contributed by atoms with E-state index >= 15 is 0 Å². The van der Waals surface area contributed by atoms with E-state index in [2.05, 4.69) is 49.4 Å². The normalized spacial score (nSPS) is 17.7. The number of carbonyl (C=O) groups is 1. The van der Waals surface area contributed by atoms with Gasteiger partial charge in [-0.2, -0.15) is 0 Å². The van der Waals surface area contributed by atoms with Crippen molar-refractivity contribution in [1.29, 1.82) is 0 Å². The molecule has 1 fully saturated rings. The van der Waals surface area contributed by atoms with E-state index in [9.17, 15) is 4.79 Å². The maximum Gasteiger partial charge on any atom is 0.225 e. The largest absolute Gasteiger partial charge is 0.345 e. The fraction of sp³-hybridized carbons (Fsp3) is 0.812. The van der Waals surface area contributed by atoms with E-state index in [1.807, 2.05) is 11.9 Å². The molecule has 0 spiro atoms. The van der Waals surface area contributed by atoms with Crippen LogP contribution in [-0.2, 0) is 4.79 Å². The molecule has 0 aliphatic heterocycles. The second-order valence-electron chi connectivity index (χ2n) is 6.24. The molecule has 110 valence electrons. The number of hydrogen-bond donors (Lipinski definition) is 0. The second-order valence-corrected chi connectivity index (χ2v) is 7.12. The average molecular weight is 377 g/mol. The molecule has 2 unspecified atom stereocenters. The first-order valence-electron chi connectivity index (χ1n) is 7.40. The van der Waals surface area contributed by atoms with Crippen molar-refractivity contribution in [2.45, 2.75) is 46.5 Å².